The molecule has 0 atom stereocenters. The molecule has 0 aromatic heterocycles. The van der Waals surface area contributed by atoms with Crippen LogP contribution in [0.3, 0.4) is 0 Å². The zero-order chi connectivity index (χ0) is 22.2. The summed E-state index contributed by atoms with van der Waals surface area (Å²) >= 11 is 0. The first-order chi connectivity index (χ1) is 16.9. The Hall–Kier alpha value is -4.42. The molecule has 8 rings (SSSR count). The highest BCUT2D eigenvalue weighted by Crippen LogP contribution is 2.50. The minimum absolute atomic E-state index is 1.29. The van der Waals surface area contributed by atoms with Crippen LogP contribution in [0.1, 0.15) is 0 Å². The predicted molar refractivity (Wildman–Crippen MR) is 146 cm³/mol. The lowest BCUT2D eigenvalue weighted by molar-refractivity contribution is 1.69. The Morgan fingerprint density at radius 2 is 0.853 bits per heavy atom. The van der Waals surface area contributed by atoms with Gasteiger partial charge in [0, 0.05) is 0 Å². The maximum absolute atomic E-state index is 2.40. The average molecular weight is 429 g/mol. The van der Waals surface area contributed by atoms with Crippen molar-refractivity contribution in [2.45, 2.75) is 0 Å². The van der Waals surface area contributed by atoms with E-state index >= 15 is 0 Å². The molecular weight excluding hydrogens is 408 g/mol. The molecule has 0 amide bonds. The van der Waals surface area contributed by atoms with Gasteiger partial charge in [0.2, 0.25) is 0 Å². The van der Waals surface area contributed by atoms with Crippen LogP contribution in [0.2, 0.25) is 0 Å². The molecule has 0 heteroatoms. The lowest BCUT2D eigenvalue weighted by atomic mass is 9.88. The molecule has 0 fully saturated rings. The highest BCUT2D eigenvalue weighted by molar-refractivity contribution is 6.25. The lowest BCUT2D eigenvalue weighted by Crippen LogP contribution is -1.88. The fourth-order valence-electron chi connectivity index (χ4n) is 6.14. The summed E-state index contributed by atoms with van der Waals surface area (Å²) in [7, 11) is 0. The van der Waals surface area contributed by atoms with Crippen LogP contribution >= 0.6 is 0 Å². The summed E-state index contributed by atoms with van der Waals surface area (Å²) in [6.45, 7) is 0. The third-order valence-electron chi connectivity index (χ3n) is 7.59. The van der Waals surface area contributed by atoms with Crippen LogP contribution in [0.5, 0.6) is 0 Å². The Morgan fingerprint density at radius 1 is 0.265 bits per heavy atom. The highest BCUT2D eigenvalue weighted by atomic mass is 14.3. The summed E-state index contributed by atoms with van der Waals surface area (Å²) < 4.78 is 0. The van der Waals surface area contributed by atoms with Crippen molar-refractivity contribution < 1.29 is 0 Å². The molecular formula is C34H20. The van der Waals surface area contributed by atoms with Crippen molar-refractivity contribution in [1.82, 2.24) is 0 Å². The first-order valence-electron chi connectivity index (χ1n) is 11.9. The van der Waals surface area contributed by atoms with E-state index in [9.17, 15) is 0 Å². The van der Waals surface area contributed by atoms with Crippen LogP contribution in [-0.2, 0) is 0 Å². The molecule has 0 unspecified atom stereocenters. The van der Waals surface area contributed by atoms with Gasteiger partial charge in [0.1, 0.15) is 0 Å². The van der Waals surface area contributed by atoms with E-state index in [-0.39, 0.29) is 0 Å². The molecule has 0 saturated heterocycles. The molecule has 1 aliphatic carbocycles. The van der Waals surface area contributed by atoms with E-state index in [0.717, 1.165) is 0 Å². The Balaban J connectivity index is 1.52. The van der Waals surface area contributed by atoms with Gasteiger partial charge >= 0.3 is 0 Å². The summed E-state index contributed by atoms with van der Waals surface area (Å²) in [4.78, 5) is 0. The van der Waals surface area contributed by atoms with Crippen molar-refractivity contribution in [3.8, 4) is 33.4 Å². The topological polar surface area (TPSA) is 0 Å². The molecule has 0 radical (unpaired) electrons. The Morgan fingerprint density at radius 3 is 1.71 bits per heavy atom. The number of benzene rings is 7. The summed E-state index contributed by atoms with van der Waals surface area (Å²) in [6.07, 6.45) is 0. The molecule has 7 aromatic carbocycles. The maximum Gasteiger partial charge on any atom is -0.00201 e. The van der Waals surface area contributed by atoms with Crippen LogP contribution in [0.4, 0.5) is 0 Å². The molecule has 0 N–H and O–H groups in total. The van der Waals surface area contributed by atoms with Crippen molar-refractivity contribution in [2.24, 2.45) is 0 Å². The van der Waals surface area contributed by atoms with Crippen molar-refractivity contribution >= 4 is 43.1 Å². The molecule has 0 aliphatic heterocycles. The van der Waals surface area contributed by atoms with Gasteiger partial charge in [0.05, 0.1) is 0 Å². The fraction of sp³-hybridized carbons (Fsp3) is 0. The smallest absolute Gasteiger partial charge is 0.00201 e. The second-order valence-corrected chi connectivity index (χ2v) is 9.29. The van der Waals surface area contributed by atoms with Gasteiger partial charge in [-0.3, -0.25) is 0 Å². The molecule has 7 aromatic rings. The zero-order valence-corrected chi connectivity index (χ0v) is 18.5. The summed E-state index contributed by atoms with van der Waals surface area (Å²) in [5.74, 6) is 0. The van der Waals surface area contributed by atoms with Crippen LogP contribution in [-0.4, -0.2) is 0 Å². The largest absolute Gasteiger partial charge is 0.0616 e. The molecule has 0 spiro atoms. The second-order valence-electron chi connectivity index (χ2n) is 9.29. The summed E-state index contributed by atoms with van der Waals surface area (Å²) in [5.41, 5.74) is 7.99. The molecule has 156 valence electrons. The second kappa shape index (κ2) is 6.56. The van der Waals surface area contributed by atoms with Gasteiger partial charge in [-0.15, -0.1) is 0 Å². The van der Waals surface area contributed by atoms with Crippen LogP contribution in [0.25, 0.3) is 76.5 Å². The molecule has 0 saturated carbocycles. The van der Waals surface area contributed by atoms with Gasteiger partial charge in [-0.2, -0.15) is 0 Å². The van der Waals surface area contributed by atoms with E-state index in [0.29, 0.717) is 0 Å². The molecule has 1 aliphatic rings. The van der Waals surface area contributed by atoms with Crippen LogP contribution in [0, 0.1) is 0 Å². The SMILES string of the molecule is c1ccc2c(c1)-c1cccc3c(-c4cc5ccc6ccccc6c5c5ccccc45)ccc-2c13. The number of hydrogen-bond donors (Lipinski definition) is 0. The van der Waals surface area contributed by atoms with Gasteiger partial charge in [0.25, 0.3) is 0 Å². The Kier molecular flexibility index (Phi) is 3.48. The zero-order valence-electron chi connectivity index (χ0n) is 18.5. The molecule has 0 heterocycles. The number of hydrogen-bond acceptors (Lipinski definition) is 0. The minimum atomic E-state index is 1.29. The number of fused-ring (bicyclic) bond motifs is 8. The van der Waals surface area contributed by atoms with Crippen LogP contribution < -0.4 is 0 Å². The quantitative estimate of drug-likeness (QED) is 0.228. The third-order valence-corrected chi connectivity index (χ3v) is 7.59. The Bertz CT molecular complexity index is 1930. The summed E-state index contributed by atoms with van der Waals surface area (Å²) in [6, 6.07) is 44.8. The van der Waals surface area contributed by atoms with E-state index in [2.05, 4.69) is 121 Å². The lowest BCUT2D eigenvalue weighted by Gasteiger charge is -2.15. The molecule has 0 bridgehead atoms. The van der Waals surface area contributed by atoms with Gasteiger partial charge < -0.3 is 0 Å². The summed E-state index contributed by atoms with van der Waals surface area (Å²) in [5, 5.41) is 10.6. The van der Waals surface area contributed by atoms with E-state index < -0.39 is 0 Å². The first kappa shape index (κ1) is 18.1. The van der Waals surface area contributed by atoms with Gasteiger partial charge in [-0.25, -0.2) is 0 Å². The number of rotatable bonds is 1. The minimum Gasteiger partial charge on any atom is -0.0616 e. The van der Waals surface area contributed by atoms with E-state index in [4.69, 9.17) is 0 Å². The normalized spacial score (nSPS) is 12.1. The highest BCUT2D eigenvalue weighted by Gasteiger charge is 2.23. The van der Waals surface area contributed by atoms with Crippen molar-refractivity contribution in [1.29, 1.82) is 0 Å². The molecule has 0 nitrogen and oxygen atoms in total. The van der Waals surface area contributed by atoms with E-state index in [1.54, 1.807) is 0 Å². The van der Waals surface area contributed by atoms with Gasteiger partial charge in [-0.1, -0.05) is 115 Å². The van der Waals surface area contributed by atoms with Crippen molar-refractivity contribution in [3.05, 3.63) is 121 Å². The molecule has 34 heavy (non-hydrogen) atoms. The first-order valence-corrected chi connectivity index (χ1v) is 11.9. The van der Waals surface area contributed by atoms with Gasteiger partial charge in [0.15, 0.2) is 0 Å². The third kappa shape index (κ3) is 2.27. The fourth-order valence-corrected chi connectivity index (χ4v) is 6.14. The van der Waals surface area contributed by atoms with E-state index in [1.165, 1.54) is 76.5 Å². The van der Waals surface area contributed by atoms with Crippen LogP contribution in [0.15, 0.2) is 121 Å². The Labute approximate surface area is 197 Å². The average Bonchev–Trinajstić information content (AvgIpc) is 3.24. The van der Waals surface area contributed by atoms with E-state index in [1.807, 2.05) is 0 Å². The maximum atomic E-state index is 2.40. The monoisotopic (exact) mass is 428 g/mol. The predicted octanol–water partition coefficient (Wildman–Crippen LogP) is 9.61. The standard InChI is InChI=1S/C34H20/c1-2-9-23-21(8-1)16-17-22-20-32(26-12-5-6-13-28(26)33(22)23)27-18-19-31-25-11-4-3-10-24(25)29-14-7-15-30(27)34(29)31/h1-20H. The van der Waals surface area contributed by atoms with Crippen molar-refractivity contribution in [3.63, 3.8) is 0 Å². The van der Waals surface area contributed by atoms with Gasteiger partial charge in [-0.05, 0) is 82.5 Å². The van der Waals surface area contributed by atoms with Crippen molar-refractivity contribution in [2.75, 3.05) is 0 Å².